The van der Waals surface area contributed by atoms with Crippen LogP contribution < -0.4 is 0 Å². The van der Waals surface area contributed by atoms with Gasteiger partial charge in [-0.2, -0.15) is 0 Å². The molecule has 0 bridgehead atoms. The highest BCUT2D eigenvalue weighted by Gasteiger charge is 2.59. The van der Waals surface area contributed by atoms with Crippen LogP contribution in [0.4, 0.5) is 0 Å². The first kappa shape index (κ1) is 16.8. The van der Waals surface area contributed by atoms with Crippen LogP contribution in [0.5, 0.6) is 0 Å². The van der Waals surface area contributed by atoms with Crippen LogP contribution in [0, 0.1) is 58.2 Å². The van der Waals surface area contributed by atoms with E-state index in [-0.39, 0.29) is 0 Å². The van der Waals surface area contributed by atoms with Crippen LogP contribution in [-0.2, 0) is 0 Å². The number of hydrogen-bond acceptors (Lipinski definition) is 0. The Hall–Kier alpha value is 0. The van der Waals surface area contributed by atoms with Crippen LogP contribution in [-0.4, -0.2) is 0 Å². The molecule has 0 aromatic heterocycles. The zero-order valence-corrected chi connectivity index (χ0v) is 16.4. The molecule has 9 atom stereocenters. The number of rotatable bonds is 7. The molecule has 0 heterocycles. The summed E-state index contributed by atoms with van der Waals surface area (Å²) >= 11 is 0. The Morgan fingerprint density at radius 3 is 2.05 bits per heavy atom. The van der Waals surface area contributed by atoms with Gasteiger partial charge in [-0.15, -0.1) is 0 Å². The van der Waals surface area contributed by atoms with E-state index in [4.69, 9.17) is 0 Å². The van der Waals surface area contributed by atoms with Crippen molar-refractivity contribution in [2.24, 2.45) is 58.2 Å². The molecule has 0 heteroatoms. The minimum atomic E-state index is 0.663. The van der Waals surface area contributed by atoms with Crippen LogP contribution in [0.15, 0.2) is 0 Å². The molecule has 128 valence electrons. The van der Waals surface area contributed by atoms with Crippen LogP contribution >= 0.6 is 0 Å². The Labute approximate surface area is 139 Å². The molecule has 0 nitrogen and oxygen atoms in total. The summed E-state index contributed by atoms with van der Waals surface area (Å²) in [6, 6.07) is 0. The van der Waals surface area contributed by atoms with Gasteiger partial charge in [0.25, 0.3) is 0 Å². The summed E-state index contributed by atoms with van der Waals surface area (Å²) in [7, 11) is 0. The predicted molar refractivity (Wildman–Crippen MR) is 96.6 cm³/mol. The van der Waals surface area contributed by atoms with Gasteiger partial charge in [0, 0.05) is 0 Å². The molecule has 3 fully saturated rings. The molecule has 0 aromatic rings. The lowest BCUT2D eigenvalue weighted by atomic mass is 9.76. The first-order valence-electron chi connectivity index (χ1n) is 10.1. The SMILES string of the molecule is CC(C)C1C(C)C1CCC1(C)CC1C(C)C(C)C1(C)CC1C. The third-order valence-corrected chi connectivity index (χ3v) is 9.05. The molecule has 3 aliphatic rings. The van der Waals surface area contributed by atoms with E-state index in [1.54, 1.807) is 0 Å². The molecule has 0 spiro atoms. The largest absolute Gasteiger partial charge is 0.0625 e. The van der Waals surface area contributed by atoms with Crippen molar-refractivity contribution in [3.63, 3.8) is 0 Å². The second-order valence-electron chi connectivity index (χ2n) is 10.6. The molecule has 9 unspecified atom stereocenters. The Bertz CT molecular complexity index is 424. The predicted octanol–water partition coefficient (Wildman–Crippen LogP) is 6.65. The average Bonchev–Trinajstić information content (AvgIpc) is 3.35. The standard InChI is InChI=1S/C22H40/c1-13(2)20-16(5)18(20)9-10-21(7)12-19(21)15(4)17(6)22(8)11-14(22)3/h13-20H,9-12H2,1-8H3. The fourth-order valence-electron chi connectivity index (χ4n) is 6.37. The summed E-state index contributed by atoms with van der Waals surface area (Å²) in [4.78, 5) is 0. The smallest absolute Gasteiger partial charge is 0.0269 e. The molecule has 0 radical (unpaired) electrons. The molecule has 0 aliphatic heterocycles. The van der Waals surface area contributed by atoms with E-state index in [0.29, 0.717) is 10.8 Å². The van der Waals surface area contributed by atoms with Crippen molar-refractivity contribution in [1.29, 1.82) is 0 Å². The molecule has 22 heavy (non-hydrogen) atoms. The Morgan fingerprint density at radius 2 is 1.59 bits per heavy atom. The highest BCUT2D eigenvalue weighted by molar-refractivity contribution is 5.08. The molecule has 3 rings (SSSR count). The van der Waals surface area contributed by atoms with Gasteiger partial charge in [-0.3, -0.25) is 0 Å². The molecule has 0 saturated heterocycles. The number of hydrogen-bond donors (Lipinski definition) is 0. The van der Waals surface area contributed by atoms with Gasteiger partial charge in [-0.25, -0.2) is 0 Å². The first-order chi connectivity index (χ1) is 10.1. The fraction of sp³-hybridized carbons (Fsp3) is 1.00. The Balaban J connectivity index is 1.48. The lowest BCUT2D eigenvalue weighted by Gasteiger charge is -2.29. The zero-order chi connectivity index (χ0) is 16.4. The van der Waals surface area contributed by atoms with E-state index < -0.39 is 0 Å². The van der Waals surface area contributed by atoms with Crippen molar-refractivity contribution in [3.05, 3.63) is 0 Å². The van der Waals surface area contributed by atoms with Crippen molar-refractivity contribution in [2.75, 3.05) is 0 Å². The topological polar surface area (TPSA) is 0 Å². The highest BCUT2D eigenvalue weighted by atomic mass is 14.6. The van der Waals surface area contributed by atoms with Crippen molar-refractivity contribution in [2.45, 2.75) is 81.1 Å². The minimum Gasteiger partial charge on any atom is -0.0625 e. The highest BCUT2D eigenvalue weighted by Crippen LogP contribution is 2.67. The monoisotopic (exact) mass is 304 g/mol. The summed E-state index contributed by atoms with van der Waals surface area (Å²) in [5.74, 6) is 7.80. The van der Waals surface area contributed by atoms with Crippen LogP contribution in [0.2, 0.25) is 0 Å². The maximum atomic E-state index is 2.59. The fourth-order valence-corrected chi connectivity index (χ4v) is 6.37. The van der Waals surface area contributed by atoms with Gasteiger partial charge in [0.1, 0.15) is 0 Å². The van der Waals surface area contributed by atoms with Crippen molar-refractivity contribution >= 4 is 0 Å². The summed E-state index contributed by atoms with van der Waals surface area (Å²) in [6.07, 6.45) is 5.99. The molecular weight excluding hydrogens is 264 g/mol. The van der Waals surface area contributed by atoms with E-state index >= 15 is 0 Å². The van der Waals surface area contributed by atoms with E-state index in [9.17, 15) is 0 Å². The van der Waals surface area contributed by atoms with Gasteiger partial charge in [-0.05, 0) is 83.9 Å². The van der Waals surface area contributed by atoms with Crippen molar-refractivity contribution in [3.8, 4) is 0 Å². The Kier molecular flexibility index (Phi) is 4.02. The van der Waals surface area contributed by atoms with Crippen LogP contribution in [0.1, 0.15) is 81.1 Å². The quantitative estimate of drug-likeness (QED) is 0.494. The third-order valence-electron chi connectivity index (χ3n) is 9.05. The lowest BCUT2D eigenvalue weighted by molar-refractivity contribution is 0.198. The van der Waals surface area contributed by atoms with E-state index in [1.165, 1.54) is 25.7 Å². The molecular formula is C22H40. The summed E-state index contributed by atoms with van der Waals surface area (Å²) in [5.41, 5.74) is 1.35. The second kappa shape index (κ2) is 5.25. The lowest BCUT2D eigenvalue weighted by Crippen LogP contribution is -2.22. The molecule has 0 aromatic carbocycles. The molecule has 0 amide bonds. The van der Waals surface area contributed by atoms with Gasteiger partial charge in [0.2, 0.25) is 0 Å². The summed E-state index contributed by atoms with van der Waals surface area (Å²) < 4.78 is 0. The van der Waals surface area contributed by atoms with Gasteiger partial charge in [0.15, 0.2) is 0 Å². The maximum Gasteiger partial charge on any atom is -0.0269 e. The van der Waals surface area contributed by atoms with E-state index in [1.807, 2.05) is 0 Å². The normalized spacial score (nSPS) is 52.5. The van der Waals surface area contributed by atoms with Gasteiger partial charge in [0.05, 0.1) is 0 Å². The maximum absolute atomic E-state index is 2.59. The van der Waals surface area contributed by atoms with Gasteiger partial charge >= 0.3 is 0 Å². The summed E-state index contributed by atoms with van der Waals surface area (Å²) in [6.45, 7) is 20.0. The van der Waals surface area contributed by atoms with Crippen LogP contribution in [0.3, 0.4) is 0 Å². The zero-order valence-electron chi connectivity index (χ0n) is 16.4. The first-order valence-corrected chi connectivity index (χ1v) is 10.1. The van der Waals surface area contributed by atoms with Crippen molar-refractivity contribution in [1.82, 2.24) is 0 Å². The molecule has 3 saturated carbocycles. The van der Waals surface area contributed by atoms with Gasteiger partial charge in [-0.1, -0.05) is 55.4 Å². The second-order valence-corrected chi connectivity index (χ2v) is 10.6. The van der Waals surface area contributed by atoms with E-state index in [2.05, 4.69) is 55.4 Å². The summed E-state index contributed by atoms with van der Waals surface area (Å²) in [5, 5.41) is 0. The Morgan fingerprint density at radius 1 is 1.00 bits per heavy atom. The average molecular weight is 305 g/mol. The molecule has 3 aliphatic carbocycles. The minimum absolute atomic E-state index is 0.663. The van der Waals surface area contributed by atoms with Crippen LogP contribution in [0.25, 0.3) is 0 Å². The molecule has 0 N–H and O–H groups in total. The third kappa shape index (κ3) is 2.67. The van der Waals surface area contributed by atoms with Gasteiger partial charge < -0.3 is 0 Å². The van der Waals surface area contributed by atoms with E-state index in [0.717, 1.165) is 47.3 Å². The van der Waals surface area contributed by atoms with Crippen molar-refractivity contribution < 1.29 is 0 Å².